The van der Waals surface area contributed by atoms with Crippen LogP contribution >= 0.6 is 0 Å². The number of ether oxygens (including phenoxy) is 1. The van der Waals surface area contributed by atoms with Gasteiger partial charge in [0.1, 0.15) is 11.6 Å². The molecule has 0 aliphatic heterocycles. The van der Waals surface area contributed by atoms with Crippen molar-refractivity contribution in [3.05, 3.63) is 65.8 Å². The summed E-state index contributed by atoms with van der Waals surface area (Å²) in [6.45, 7) is 6.51. The molecule has 0 bridgehead atoms. The molecule has 0 radical (unpaired) electrons. The lowest BCUT2D eigenvalue weighted by Crippen LogP contribution is -2.36. The van der Waals surface area contributed by atoms with Crippen LogP contribution in [0.1, 0.15) is 37.0 Å². The van der Waals surface area contributed by atoms with E-state index < -0.39 is 5.91 Å². The highest BCUT2D eigenvalue weighted by atomic mass is 19.1. The van der Waals surface area contributed by atoms with Crippen LogP contribution in [0.3, 0.4) is 0 Å². The highest BCUT2D eigenvalue weighted by Crippen LogP contribution is 2.24. The van der Waals surface area contributed by atoms with Crippen molar-refractivity contribution in [2.24, 2.45) is 0 Å². The summed E-state index contributed by atoms with van der Waals surface area (Å²) in [6.07, 6.45) is 0. The highest BCUT2D eigenvalue weighted by molar-refractivity contribution is 5.89. The summed E-state index contributed by atoms with van der Waals surface area (Å²) in [5.41, 5.74) is 1.95. The van der Waals surface area contributed by atoms with Gasteiger partial charge >= 0.3 is 11.8 Å². The molecule has 0 fully saturated rings. The first kappa shape index (κ1) is 22.9. The Hall–Kier alpha value is -3.75. The van der Waals surface area contributed by atoms with E-state index in [9.17, 15) is 14.0 Å². The molecule has 0 aliphatic carbocycles. The molecule has 0 spiro atoms. The number of halogens is 1. The number of nitrogens with one attached hydrogen (secondary N) is 2. The van der Waals surface area contributed by atoms with E-state index in [1.165, 1.54) is 29.8 Å². The third kappa shape index (κ3) is 6.37. The van der Waals surface area contributed by atoms with Crippen molar-refractivity contribution < 1.29 is 23.2 Å². The van der Waals surface area contributed by atoms with E-state index in [4.69, 9.17) is 9.26 Å². The largest absolute Gasteiger partial charge is 0.484 e. The molecule has 0 aliphatic rings. The van der Waals surface area contributed by atoms with Gasteiger partial charge in [0.2, 0.25) is 5.82 Å². The molecular formula is C23H25FN4O4. The predicted molar refractivity (Wildman–Crippen MR) is 116 cm³/mol. The van der Waals surface area contributed by atoms with Crippen LogP contribution in [0.4, 0.5) is 4.39 Å². The Labute approximate surface area is 185 Å². The Bertz CT molecular complexity index is 1060. The number of nitrogens with zero attached hydrogens (tertiary/aromatic N) is 2. The van der Waals surface area contributed by atoms with Gasteiger partial charge in [-0.2, -0.15) is 4.98 Å². The summed E-state index contributed by atoms with van der Waals surface area (Å²) < 4.78 is 23.1. The van der Waals surface area contributed by atoms with Gasteiger partial charge in [-0.05, 0) is 35.2 Å². The predicted octanol–water partition coefficient (Wildman–Crippen LogP) is 3.10. The maximum Gasteiger partial charge on any atom is 0.316 e. The number of benzene rings is 2. The van der Waals surface area contributed by atoms with E-state index in [1.807, 2.05) is 24.3 Å². The Morgan fingerprint density at radius 3 is 2.31 bits per heavy atom. The second kappa shape index (κ2) is 10.0. The first-order valence-electron chi connectivity index (χ1n) is 10.1. The van der Waals surface area contributed by atoms with E-state index in [-0.39, 0.29) is 42.7 Å². The Morgan fingerprint density at radius 2 is 1.66 bits per heavy atom. The fourth-order valence-corrected chi connectivity index (χ4v) is 2.74. The van der Waals surface area contributed by atoms with Gasteiger partial charge in [-0.3, -0.25) is 9.59 Å². The molecule has 2 N–H and O–H groups in total. The zero-order chi connectivity index (χ0) is 23.1. The molecule has 32 heavy (non-hydrogen) atoms. The quantitative estimate of drug-likeness (QED) is 0.522. The fraction of sp³-hybridized carbons (Fsp3) is 0.304. The summed E-state index contributed by atoms with van der Waals surface area (Å²) in [4.78, 5) is 28.1. The molecule has 8 nitrogen and oxygen atoms in total. The molecule has 1 aromatic heterocycles. The second-order valence-electron chi connectivity index (χ2n) is 8.10. The van der Waals surface area contributed by atoms with Crippen molar-refractivity contribution >= 4 is 11.8 Å². The van der Waals surface area contributed by atoms with E-state index in [0.717, 1.165) is 5.56 Å². The number of hydrogen-bond donors (Lipinski definition) is 2. The van der Waals surface area contributed by atoms with Gasteiger partial charge in [0, 0.05) is 18.7 Å². The Morgan fingerprint density at radius 1 is 1.00 bits per heavy atom. The topological polar surface area (TPSA) is 106 Å². The number of carbonyl (C=O) groups excluding carboxylic acids is 2. The van der Waals surface area contributed by atoms with Gasteiger partial charge in [-0.1, -0.05) is 50.2 Å². The van der Waals surface area contributed by atoms with Crippen molar-refractivity contribution in [2.75, 3.05) is 19.7 Å². The van der Waals surface area contributed by atoms with Gasteiger partial charge in [0.25, 0.3) is 5.91 Å². The van der Waals surface area contributed by atoms with Crippen molar-refractivity contribution in [1.82, 2.24) is 20.8 Å². The molecule has 2 amide bonds. The summed E-state index contributed by atoms with van der Waals surface area (Å²) >= 11 is 0. The first-order chi connectivity index (χ1) is 15.2. The van der Waals surface area contributed by atoms with Crippen LogP contribution in [-0.2, 0) is 10.2 Å². The smallest absolute Gasteiger partial charge is 0.316 e. The fourth-order valence-electron chi connectivity index (χ4n) is 2.74. The van der Waals surface area contributed by atoms with Crippen LogP contribution in [0.2, 0.25) is 0 Å². The molecule has 1 heterocycles. The first-order valence-corrected chi connectivity index (χ1v) is 10.1. The van der Waals surface area contributed by atoms with Crippen molar-refractivity contribution in [3.63, 3.8) is 0 Å². The molecular weight excluding hydrogens is 415 g/mol. The van der Waals surface area contributed by atoms with Crippen LogP contribution in [0, 0.1) is 5.82 Å². The van der Waals surface area contributed by atoms with E-state index >= 15 is 0 Å². The maximum absolute atomic E-state index is 12.8. The zero-order valence-electron chi connectivity index (χ0n) is 18.1. The SMILES string of the molecule is CC(C)(C)c1ccc(-c2noc(C(=O)NCCNC(=O)COc3ccc(F)cc3)n2)cc1. The standard InChI is InChI=1S/C23H25FN4O4/c1-23(2,3)16-6-4-15(5-7-16)20-27-22(32-28-20)21(30)26-13-12-25-19(29)14-31-18-10-8-17(24)9-11-18/h4-11H,12-14H2,1-3H3,(H,25,29)(H,26,30). The van der Waals surface area contributed by atoms with Crippen LogP contribution in [0.15, 0.2) is 53.1 Å². The molecule has 3 aromatic rings. The minimum atomic E-state index is -0.535. The molecule has 0 saturated carbocycles. The molecule has 0 saturated heterocycles. The zero-order valence-corrected chi connectivity index (χ0v) is 18.1. The lowest BCUT2D eigenvalue weighted by atomic mass is 9.87. The summed E-state index contributed by atoms with van der Waals surface area (Å²) in [5, 5.41) is 9.05. The Balaban J connectivity index is 1.41. The average molecular weight is 440 g/mol. The molecule has 3 rings (SSSR count). The van der Waals surface area contributed by atoms with E-state index in [2.05, 4.69) is 41.5 Å². The number of amides is 2. The summed E-state index contributed by atoms with van der Waals surface area (Å²) in [7, 11) is 0. The van der Waals surface area contributed by atoms with Gasteiger partial charge in [0.05, 0.1) is 0 Å². The lowest BCUT2D eigenvalue weighted by molar-refractivity contribution is -0.123. The van der Waals surface area contributed by atoms with Crippen molar-refractivity contribution in [3.8, 4) is 17.1 Å². The third-order valence-electron chi connectivity index (χ3n) is 4.55. The minimum absolute atomic E-state index is 0.0311. The molecule has 2 aromatic carbocycles. The number of aromatic nitrogens is 2. The highest BCUT2D eigenvalue weighted by Gasteiger charge is 2.17. The van der Waals surface area contributed by atoms with Crippen LogP contribution in [-0.4, -0.2) is 41.7 Å². The van der Waals surface area contributed by atoms with Gasteiger partial charge in [-0.25, -0.2) is 4.39 Å². The Kier molecular flexibility index (Phi) is 7.19. The van der Waals surface area contributed by atoms with Gasteiger partial charge < -0.3 is 19.9 Å². The number of rotatable bonds is 8. The normalized spacial score (nSPS) is 11.1. The van der Waals surface area contributed by atoms with Gasteiger partial charge in [-0.15, -0.1) is 0 Å². The second-order valence-corrected chi connectivity index (χ2v) is 8.10. The monoisotopic (exact) mass is 440 g/mol. The van der Waals surface area contributed by atoms with Crippen LogP contribution < -0.4 is 15.4 Å². The average Bonchev–Trinajstić information content (AvgIpc) is 3.26. The molecule has 0 atom stereocenters. The minimum Gasteiger partial charge on any atom is -0.484 e. The molecule has 9 heteroatoms. The van der Waals surface area contributed by atoms with E-state index in [1.54, 1.807) is 0 Å². The van der Waals surface area contributed by atoms with Crippen LogP contribution in [0.5, 0.6) is 5.75 Å². The van der Waals surface area contributed by atoms with Crippen LogP contribution in [0.25, 0.3) is 11.4 Å². The third-order valence-corrected chi connectivity index (χ3v) is 4.55. The lowest BCUT2D eigenvalue weighted by Gasteiger charge is -2.18. The van der Waals surface area contributed by atoms with E-state index in [0.29, 0.717) is 11.6 Å². The van der Waals surface area contributed by atoms with Crippen molar-refractivity contribution in [2.45, 2.75) is 26.2 Å². The number of hydrogen-bond acceptors (Lipinski definition) is 6. The maximum atomic E-state index is 12.8. The molecule has 0 unspecified atom stereocenters. The summed E-state index contributed by atoms with van der Waals surface area (Å²) in [6, 6.07) is 13.1. The van der Waals surface area contributed by atoms with Gasteiger partial charge in [0.15, 0.2) is 6.61 Å². The number of carbonyl (C=O) groups is 2. The molecule has 168 valence electrons. The summed E-state index contributed by atoms with van der Waals surface area (Å²) in [5.74, 6) is -0.749. The van der Waals surface area contributed by atoms with Crippen molar-refractivity contribution in [1.29, 1.82) is 0 Å².